The molecule has 90 valence electrons. The number of amides is 1. The summed E-state index contributed by atoms with van der Waals surface area (Å²) in [7, 11) is 1.86. The molecule has 0 aliphatic rings. The lowest BCUT2D eigenvalue weighted by Crippen LogP contribution is -2.13. The Bertz CT molecular complexity index is 570. The molecule has 0 bridgehead atoms. The largest absolute Gasteiger partial charge is 0.319 e. The fourth-order valence-corrected chi connectivity index (χ4v) is 2.34. The molecule has 6 heteroatoms. The van der Waals surface area contributed by atoms with Crippen molar-refractivity contribution in [1.82, 2.24) is 14.2 Å². The molecule has 2 aromatic heterocycles. The Morgan fingerprint density at radius 2 is 2.06 bits per heavy atom. The van der Waals surface area contributed by atoms with E-state index in [-0.39, 0.29) is 5.91 Å². The molecule has 0 atom stereocenters. The predicted molar refractivity (Wildman–Crippen MR) is 67.5 cm³/mol. The molecule has 0 spiro atoms. The molecule has 2 aromatic rings. The van der Waals surface area contributed by atoms with Crippen LogP contribution in [0.25, 0.3) is 0 Å². The molecular weight excluding hydrogens is 236 g/mol. The summed E-state index contributed by atoms with van der Waals surface area (Å²) in [5.74, 6) is -0.129. The minimum Gasteiger partial charge on any atom is -0.319 e. The third-order valence-electron chi connectivity index (χ3n) is 2.74. The highest BCUT2D eigenvalue weighted by atomic mass is 32.1. The zero-order valence-corrected chi connectivity index (χ0v) is 11.1. The third-order valence-corrected chi connectivity index (χ3v) is 3.46. The second kappa shape index (κ2) is 4.29. The summed E-state index contributed by atoms with van der Waals surface area (Å²) in [5.41, 5.74) is 3.92. The van der Waals surface area contributed by atoms with Gasteiger partial charge in [-0.1, -0.05) is 0 Å². The second-order valence-corrected chi connectivity index (χ2v) is 4.57. The number of nitrogens with zero attached hydrogens (tertiary/aromatic N) is 3. The number of nitrogens with one attached hydrogen (secondary N) is 1. The van der Waals surface area contributed by atoms with Gasteiger partial charge in [0.15, 0.2) is 0 Å². The lowest BCUT2D eigenvalue weighted by Gasteiger charge is -2.04. The molecule has 2 heterocycles. The van der Waals surface area contributed by atoms with Crippen molar-refractivity contribution in [2.75, 3.05) is 5.32 Å². The number of aromatic nitrogens is 3. The van der Waals surface area contributed by atoms with Gasteiger partial charge in [-0.05, 0) is 32.3 Å². The lowest BCUT2D eigenvalue weighted by molar-refractivity contribution is 0.102. The molecule has 0 aliphatic carbocycles. The lowest BCUT2D eigenvalue weighted by atomic mass is 10.2. The zero-order valence-electron chi connectivity index (χ0n) is 10.2. The first-order valence-electron chi connectivity index (χ1n) is 5.23. The number of rotatable bonds is 2. The standard InChI is InChI=1S/C11H14N4OS/c1-6-9(5-17-14-6)11(16)12-10-7(2)13-15(4)8(10)3/h5H,1-4H3,(H,12,16). The number of hydrogen-bond acceptors (Lipinski definition) is 4. The molecule has 0 radical (unpaired) electrons. The van der Waals surface area contributed by atoms with Crippen molar-refractivity contribution in [3.63, 3.8) is 0 Å². The first-order chi connectivity index (χ1) is 8.00. The van der Waals surface area contributed by atoms with Crippen molar-refractivity contribution < 1.29 is 4.79 Å². The average molecular weight is 250 g/mol. The molecule has 0 saturated carbocycles. The Morgan fingerprint density at radius 3 is 2.53 bits per heavy atom. The molecule has 2 rings (SSSR count). The summed E-state index contributed by atoms with van der Waals surface area (Å²) < 4.78 is 5.84. The fraction of sp³-hybridized carbons (Fsp3) is 0.364. The summed E-state index contributed by atoms with van der Waals surface area (Å²) in [6.07, 6.45) is 0. The Labute approximate surface area is 104 Å². The average Bonchev–Trinajstić information content (AvgIpc) is 2.78. The number of carbonyl (C=O) groups excluding carboxylic acids is 1. The Kier molecular flexibility index (Phi) is 2.97. The van der Waals surface area contributed by atoms with E-state index >= 15 is 0 Å². The van der Waals surface area contributed by atoms with Crippen LogP contribution in [0.1, 0.15) is 27.4 Å². The van der Waals surface area contributed by atoms with Gasteiger partial charge >= 0.3 is 0 Å². The van der Waals surface area contributed by atoms with E-state index in [1.807, 2.05) is 27.8 Å². The van der Waals surface area contributed by atoms with Gasteiger partial charge in [0.1, 0.15) is 0 Å². The molecule has 17 heavy (non-hydrogen) atoms. The fourth-order valence-electron chi connectivity index (χ4n) is 1.65. The third kappa shape index (κ3) is 2.08. The van der Waals surface area contributed by atoms with Crippen LogP contribution in [-0.2, 0) is 7.05 Å². The van der Waals surface area contributed by atoms with Crippen LogP contribution < -0.4 is 5.32 Å². The van der Waals surface area contributed by atoms with Gasteiger partial charge < -0.3 is 5.32 Å². The first kappa shape index (κ1) is 11.8. The van der Waals surface area contributed by atoms with Gasteiger partial charge in [-0.3, -0.25) is 9.48 Å². The van der Waals surface area contributed by atoms with E-state index in [4.69, 9.17) is 0 Å². The first-order valence-corrected chi connectivity index (χ1v) is 6.07. The van der Waals surface area contributed by atoms with Crippen LogP contribution in [0.15, 0.2) is 5.38 Å². The Morgan fingerprint density at radius 1 is 1.35 bits per heavy atom. The highest BCUT2D eigenvalue weighted by molar-refractivity contribution is 7.04. The van der Waals surface area contributed by atoms with Gasteiger partial charge in [-0.25, -0.2) is 0 Å². The quantitative estimate of drug-likeness (QED) is 0.887. The minimum atomic E-state index is -0.129. The van der Waals surface area contributed by atoms with Crippen LogP contribution >= 0.6 is 11.5 Å². The summed E-state index contributed by atoms with van der Waals surface area (Å²) in [6, 6.07) is 0. The molecule has 0 aliphatic heterocycles. The predicted octanol–water partition coefficient (Wildman–Crippen LogP) is 2.05. The van der Waals surface area contributed by atoms with Crippen LogP contribution in [0.2, 0.25) is 0 Å². The molecule has 5 nitrogen and oxygen atoms in total. The molecular formula is C11H14N4OS. The Hall–Kier alpha value is -1.69. The van der Waals surface area contributed by atoms with Crippen LogP contribution in [-0.4, -0.2) is 20.1 Å². The second-order valence-electron chi connectivity index (χ2n) is 3.94. The highest BCUT2D eigenvalue weighted by Crippen LogP contribution is 2.20. The highest BCUT2D eigenvalue weighted by Gasteiger charge is 2.16. The molecule has 1 amide bonds. The number of aryl methyl sites for hydroxylation is 3. The SMILES string of the molecule is Cc1nscc1C(=O)Nc1c(C)nn(C)c1C. The number of carbonyl (C=O) groups is 1. The van der Waals surface area contributed by atoms with E-state index in [0.717, 1.165) is 22.8 Å². The van der Waals surface area contributed by atoms with Crippen LogP contribution in [0, 0.1) is 20.8 Å². The molecule has 1 N–H and O–H groups in total. The van der Waals surface area contributed by atoms with Gasteiger partial charge in [0.05, 0.1) is 28.3 Å². The van der Waals surface area contributed by atoms with Crippen molar-refractivity contribution >= 4 is 23.1 Å². The monoisotopic (exact) mass is 250 g/mol. The van der Waals surface area contributed by atoms with Crippen molar-refractivity contribution in [2.45, 2.75) is 20.8 Å². The molecule has 0 fully saturated rings. The van der Waals surface area contributed by atoms with Crippen LogP contribution in [0.5, 0.6) is 0 Å². The van der Waals surface area contributed by atoms with Crippen molar-refractivity contribution in [3.8, 4) is 0 Å². The van der Waals surface area contributed by atoms with Gasteiger partial charge in [-0.2, -0.15) is 9.47 Å². The minimum absolute atomic E-state index is 0.129. The van der Waals surface area contributed by atoms with E-state index in [9.17, 15) is 4.79 Å². The zero-order chi connectivity index (χ0) is 12.6. The Balaban J connectivity index is 2.28. The molecule has 0 saturated heterocycles. The van der Waals surface area contributed by atoms with E-state index in [1.165, 1.54) is 11.5 Å². The van der Waals surface area contributed by atoms with Crippen molar-refractivity contribution in [3.05, 3.63) is 28.0 Å². The summed E-state index contributed by atoms with van der Waals surface area (Å²) in [6.45, 7) is 5.63. The maximum Gasteiger partial charge on any atom is 0.258 e. The summed E-state index contributed by atoms with van der Waals surface area (Å²) >= 11 is 1.29. The van der Waals surface area contributed by atoms with E-state index in [2.05, 4.69) is 14.8 Å². The maximum atomic E-state index is 12.0. The van der Waals surface area contributed by atoms with E-state index in [0.29, 0.717) is 5.56 Å². The smallest absolute Gasteiger partial charge is 0.258 e. The number of anilines is 1. The van der Waals surface area contributed by atoms with Crippen molar-refractivity contribution in [2.24, 2.45) is 7.05 Å². The van der Waals surface area contributed by atoms with Crippen LogP contribution in [0.4, 0.5) is 5.69 Å². The topological polar surface area (TPSA) is 59.8 Å². The van der Waals surface area contributed by atoms with E-state index < -0.39 is 0 Å². The maximum absolute atomic E-state index is 12.0. The van der Waals surface area contributed by atoms with Crippen molar-refractivity contribution in [1.29, 1.82) is 0 Å². The number of hydrogen-bond donors (Lipinski definition) is 1. The summed E-state index contributed by atoms with van der Waals surface area (Å²) in [5, 5.41) is 8.90. The molecule has 0 unspecified atom stereocenters. The molecule has 0 aromatic carbocycles. The summed E-state index contributed by atoms with van der Waals surface area (Å²) in [4.78, 5) is 12.0. The van der Waals surface area contributed by atoms with Gasteiger partial charge in [0.25, 0.3) is 5.91 Å². The normalized spacial score (nSPS) is 10.6. The van der Waals surface area contributed by atoms with Gasteiger partial charge in [-0.15, -0.1) is 0 Å². The van der Waals surface area contributed by atoms with Crippen LogP contribution in [0.3, 0.4) is 0 Å². The van der Waals surface area contributed by atoms with Gasteiger partial charge in [0.2, 0.25) is 0 Å². The van der Waals surface area contributed by atoms with E-state index in [1.54, 1.807) is 10.1 Å². The van der Waals surface area contributed by atoms with Gasteiger partial charge in [0, 0.05) is 12.4 Å².